The number of carbonyl (C=O) groups is 2. The minimum Gasteiger partial charge on any atom is -0.457 e. The van der Waals surface area contributed by atoms with E-state index < -0.39 is 64.6 Å². The van der Waals surface area contributed by atoms with E-state index in [1.807, 2.05) is 27.7 Å². The minimum atomic E-state index is -2.28. The summed E-state index contributed by atoms with van der Waals surface area (Å²) in [7, 11) is 0. The van der Waals surface area contributed by atoms with Gasteiger partial charge in [-0.05, 0) is 36.8 Å². The van der Waals surface area contributed by atoms with E-state index in [9.17, 15) is 30.0 Å². The molecule has 4 aliphatic rings. The van der Waals surface area contributed by atoms with Gasteiger partial charge in [-0.15, -0.1) is 0 Å². The quantitative estimate of drug-likeness (QED) is 0.341. The molecule has 1 spiro atoms. The molecule has 4 N–H and O–H groups in total. The average Bonchev–Trinajstić information content (AvgIpc) is 3.12. The molecule has 0 amide bonds. The first-order valence-electron chi connectivity index (χ1n) is 13.1. The third kappa shape index (κ3) is 3.02. The van der Waals surface area contributed by atoms with Gasteiger partial charge in [0.1, 0.15) is 30.0 Å². The summed E-state index contributed by atoms with van der Waals surface area (Å²) in [6.07, 6.45) is 1.07. The maximum absolute atomic E-state index is 14.3. The summed E-state index contributed by atoms with van der Waals surface area (Å²) in [6.45, 7) is 10.5. The van der Waals surface area contributed by atoms with Crippen molar-refractivity contribution >= 4 is 11.8 Å². The fraction of sp³-hybridized carbons (Fsp3) is 0.679. The van der Waals surface area contributed by atoms with Gasteiger partial charge in [0.25, 0.3) is 0 Å². The van der Waals surface area contributed by atoms with Gasteiger partial charge >= 0.3 is 5.97 Å². The smallest absolute Gasteiger partial charge is 0.344 e. The summed E-state index contributed by atoms with van der Waals surface area (Å²) in [5.41, 5.74) is -4.42. The van der Waals surface area contributed by atoms with Crippen LogP contribution in [-0.2, 0) is 22.4 Å². The molecule has 4 aliphatic carbocycles. The lowest BCUT2D eigenvalue weighted by molar-refractivity contribution is -0.191. The van der Waals surface area contributed by atoms with Crippen molar-refractivity contribution in [3.8, 4) is 0 Å². The number of aliphatic hydroxyl groups is 4. The maximum Gasteiger partial charge on any atom is 0.344 e. The van der Waals surface area contributed by atoms with Crippen molar-refractivity contribution in [2.24, 2.45) is 28.6 Å². The van der Waals surface area contributed by atoms with E-state index >= 15 is 0 Å². The van der Waals surface area contributed by atoms with Crippen molar-refractivity contribution in [2.45, 2.75) is 84.2 Å². The highest BCUT2D eigenvalue weighted by atomic mass is 16.5. The van der Waals surface area contributed by atoms with Crippen LogP contribution in [0.25, 0.3) is 0 Å². The molecule has 37 heavy (non-hydrogen) atoms. The van der Waals surface area contributed by atoms with Crippen LogP contribution in [0, 0.1) is 28.6 Å². The Morgan fingerprint density at radius 2 is 1.86 bits per heavy atom. The molecule has 0 saturated heterocycles. The predicted octanol–water partition coefficient (Wildman–Crippen LogP) is 1.91. The summed E-state index contributed by atoms with van der Waals surface area (Å²) in [4.78, 5) is 27.4. The number of hydrogen-bond acceptors (Lipinski definition) is 9. The van der Waals surface area contributed by atoms with Gasteiger partial charge in [-0.3, -0.25) is 4.79 Å². The van der Waals surface area contributed by atoms with Crippen molar-refractivity contribution in [3.05, 3.63) is 40.3 Å². The van der Waals surface area contributed by atoms with Crippen molar-refractivity contribution < 1.29 is 39.3 Å². The molecule has 0 radical (unpaired) electrons. The van der Waals surface area contributed by atoms with Gasteiger partial charge < -0.3 is 29.7 Å². The molecule has 9 nitrogen and oxygen atoms in total. The number of nitrogens with zero attached hydrogens (tertiary/aromatic N) is 1. The molecule has 9 heteroatoms. The fourth-order valence-corrected chi connectivity index (χ4v) is 7.81. The van der Waals surface area contributed by atoms with Gasteiger partial charge in [0, 0.05) is 23.7 Å². The Morgan fingerprint density at radius 1 is 1.19 bits per heavy atom. The number of rotatable bonds is 5. The number of carbonyl (C=O) groups excluding carboxylic acids is 2. The molecule has 202 valence electrons. The number of aliphatic hydroxyl groups excluding tert-OH is 2. The summed E-state index contributed by atoms with van der Waals surface area (Å²) < 4.78 is 10.9. The monoisotopic (exact) mass is 515 g/mol. The molecule has 5 rings (SSSR count). The number of esters is 1. The zero-order valence-electron chi connectivity index (χ0n) is 22.2. The van der Waals surface area contributed by atoms with Gasteiger partial charge in [0.2, 0.25) is 0 Å². The molecule has 1 heterocycles. The van der Waals surface area contributed by atoms with Crippen LogP contribution in [0.3, 0.4) is 0 Å². The highest BCUT2D eigenvalue weighted by Crippen LogP contribution is 2.73. The summed E-state index contributed by atoms with van der Waals surface area (Å²) >= 11 is 0. The van der Waals surface area contributed by atoms with Gasteiger partial charge in [0.05, 0.1) is 16.7 Å². The third-order valence-corrected chi connectivity index (χ3v) is 9.98. The molecule has 8 atom stereocenters. The molecule has 0 aliphatic heterocycles. The lowest BCUT2D eigenvalue weighted by Gasteiger charge is -2.48. The van der Waals surface area contributed by atoms with Gasteiger partial charge in [0.15, 0.2) is 11.5 Å². The second-order valence-corrected chi connectivity index (χ2v) is 12.0. The van der Waals surface area contributed by atoms with E-state index in [1.54, 1.807) is 26.0 Å². The molecular formula is C28H37NO8. The zero-order valence-corrected chi connectivity index (χ0v) is 22.2. The van der Waals surface area contributed by atoms with Crippen molar-refractivity contribution in [1.29, 1.82) is 0 Å². The SMILES string of the molecule is CCc1noc(CC)c1C(=O)OCC1=C[C@@H]2C(=O)C3(C=C(C)[C@H](O)[C@@]3(O)[C@@H]1O)C(C)C[C@]1(O)[C@H]2C1(C)C. The number of fused-ring (bicyclic) bond motifs is 3. The third-order valence-electron chi connectivity index (χ3n) is 9.98. The van der Waals surface area contributed by atoms with E-state index in [0.29, 0.717) is 29.9 Å². The van der Waals surface area contributed by atoms with Crippen LogP contribution in [0.4, 0.5) is 0 Å². The van der Waals surface area contributed by atoms with Crippen LogP contribution >= 0.6 is 0 Å². The standard InChI is InChI=1S/C28H37NO8/c1-7-17-19(18(8-2)37-29-17)24(33)36-12-15-9-16-20-25(5,6)27(20,34)11-14(4)26(23(16)32)10-13(3)21(30)28(26,35)22(15)31/h9-10,14,16,20-22,30-31,34-35H,7-8,11-12H2,1-6H3/t14?,16-,20+,21-,22+,26?,27-,28+/m0/s1. The predicted molar refractivity (Wildman–Crippen MR) is 131 cm³/mol. The highest BCUT2D eigenvalue weighted by Gasteiger charge is 2.81. The van der Waals surface area contributed by atoms with E-state index in [2.05, 4.69) is 5.16 Å². The van der Waals surface area contributed by atoms with Gasteiger partial charge in [-0.1, -0.05) is 51.9 Å². The Morgan fingerprint density at radius 3 is 2.49 bits per heavy atom. The molecule has 0 aromatic carbocycles. The number of aromatic nitrogens is 1. The molecular weight excluding hydrogens is 478 g/mol. The molecule has 1 aromatic heterocycles. The number of allylic oxidation sites excluding steroid dienone is 1. The topological polar surface area (TPSA) is 150 Å². The normalized spacial score (nSPS) is 41.7. The Kier molecular flexibility index (Phi) is 5.74. The van der Waals surface area contributed by atoms with Crippen molar-refractivity contribution in [2.75, 3.05) is 6.61 Å². The summed E-state index contributed by atoms with van der Waals surface area (Å²) in [5, 5.41) is 50.4. The number of Topliss-reactive ketones (excluding diaryl/α,β-unsaturated/α-hetero) is 1. The second-order valence-electron chi connectivity index (χ2n) is 12.0. The highest BCUT2D eigenvalue weighted by molar-refractivity contribution is 5.96. The van der Waals surface area contributed by atoms with E-state index in [1.165, 1.54) is 0 Å². The van der Waals surface area contributed by atoms with Crippen LogP contribution in [-0.4, -0.2) is 67.4 Å². The first-order chi connectivity index (χ1) is 17.2. The first kappa shape index (κ1) is 26.3. The maximum atomic E-state index is 14.3. The Balaban J connectivity index is 1.58. The van der Waals surface area contributed by atoms with Crippen molar-refractivity contribution in [1.82, 2.24) is 5.16 Å². The van der Waals surface area contributed by atoms with Gasteiger partial charge in [-0.25, -0.2) is 4.79 Å². The second kappa shape index (κ2) is 8.09. The van der Waals surface area contributed by atoms with Crippen molar-refractivity contribution in [3.63, 3.8) is 0 Å². The Hall–Kier alpha value is -2.33. The largest absolute Gasteiger partial charge is 0.457 e. The lowest BCUT2D eigenvalue weighted by atomic mass is 9.59. The zero-order chi connectivity index (χ0) is 27.3. The minimum absolute atomic E-state index is 0.116. The number of hydrogen-bond donors (Lipinski definition) is 4. The molecule has 2 unspecified atom stereocenters. The molecule has 2 bridgehead atoms. The van der Waals surface area contributed by atoms with Gasteiger partial charge in [-0.2, -0.15) is 0 Å². The number of ether oxygens (including phenoxy) is 1. The van der Waals surface area contributed by atoms with E-state index in [-0.39, 0.29) is 23.3 Å². The fourth-order valence-electron chi connectivity index (χ4n) is 7.81. The number of aryl methyl sites for hydroxylation is 2. The molecule has 2 saturated carbocycles. The van der Waals surface area contributed by atoms with Crippen LogP contribution in [0.1, 0.15) is 69.8 Å². The Labute approximate surface area is 216 Å². The Bertz CT molecular complexity index is 1210. The van der Waals surface area contributed by atoms with E-state index in [0.717, 1.165) is 0 Å². The van der Waals surface area contributed by atoms with Crippen LogP contribution < -0.4 is 0 Å². The van der Waals surface area contributed by atoms with E-state index in [4.69, 9.17) is 9.26 Å². The summed E-state index contributed by atoms with van der Waals surface area (Å²) in [6, 6.07) is 0. The first-order valence-corrected chi connectivity index (χ1v) is 13.1. The van der Waals surface area contributed by atoms with Crippen LogP contribution in [0.15, 0.2) is 27.8 Å². The van der Waals surface area contributed by atoms with Crippen LogP contribution in [0.2, 0.25) is 0 Å². The average molecular weight is 516 g/mol. The number of ketones is 1. The lowest BCUT2D eigenvalue weighted by Crippen LogP contribution is -2.65. The summed E-state index contributed by atoms with van der Waals surface area (Å²) in [5.74, 6) is -2.49. The molecule has 1 aromatic rings. The molecule has 2 fully saturated rings. The van der Waals surface area contributed by atoms with Crippen LogP contribution in [0.5, 0.6) is 0 Å².